The molecule has 1 aromatic carbocycles. The fourth-order valence-corrected chi connectivity index (χ4v) is 4.61. The van der Waals surface area contributed by atoms with Crippen LogP contribution < -0.4 is 20.3 Å². The first-order valence-electron chi connectivity index (χ1n) is 11.8. The molecule has 3 heterocycles. The van der Waals surface area contributed by atoms with Gasteiger partial charge in [-0.25, -0.2) is 17.8 Å². The molecule has 3 aromatic heterocycles. The SMILES string of the molecule is CCNC(=O)c1cc2c(-c3cc(NS(=O)(=O)CC)cnc3Oc3c(C)cc(F)cc3C)cn(C)c(=O)c2o1. The maximum Gasteiger partial charge on any atom is 0.293 e. The molecule has 1 amide bonds. The molecule has 38 heavy (non-hydrogen) atoms. The Kier molecular flexibility index (Phi) is 7.27. The third-order valence-electron chi connectivity index (χ3n) is 5.84. The maximum absolute atomic E-state index is 13.9. The molecule has 0 fully saturated rings. The van der Waals surface area contributed by atoms with Crippen LogP contribution in [0.2, 0.25) is 0 Å². The summed E-state index contributed by atoms with van der Waals surface area (Å²) in [5.41, 5.74) is 1.40. The number of benzene rings is 1. The first-order valence-corrected chi connectivity index (χ1v) is 13.5. The number of nitrogens with zero attached hydrogens (tertiary/aromatic N) is 2. The van der Waals surface area contributed by atoms with Crippen LogP contribution in [-0.2, 0) is 17.1 Å². The summed E-state index contributed by atoms with van der Waals surface area (Å²) in [6, 6.07) is 5.61. The number of fused-ring (bicyclic) bond motifs is 1. The highest BCUT2D eigenvalue weighted by Gasteiger charge is 2.23. The highest BCUT2D eigenvalue weighted by Crippen LogP contribution is 2.39. The first-order chi connectivity index (χ1) is 17.9. The van der Waals surface area contributed by atoms with E-state index in [0.29, 0.717) is 39.9 Å². The number of carbonyl (C=O) groups excluding carboxylic acids is 1. The van der Waals surface area contributed by atoms with Crippen LogP contribution in [0, 0.1) is 19.7 Å². The van der Waals surface area contributed by atoms with E-state index in [1.54, 1.807) is 20.8 Å². The van der Waals surface area contributed by atoms with Crippen molar-refractivity contribution >= 4 is 32.6 Å². The molecule has 0 atom stereocenters. The van der Waals surface area contributed by atoms with E-state index in [0.717, 1.165) is 0 Å². The molecular weight excluding hydrogens is 515 g/mol. The molecule has 0 aliphatic carbocycles. The molecule has 2 N–H and O–H groups in total. The third kappa shape index (κ3) is 5.25. The van der Waals surface area contributed by atoms with Gasteiger partial charge >= 0.3 is 0 Å². The number of aromatic nitrogens is 2. The summed E-state index contributed by atoms with van der Waals surface area (Å²) in [4.78, 5) is 29.7. The van der Waals surface area contributed by atoms with Gasteiger partial charge in [-0.3, -0.25) is 14.3 Å². The van der Waals surface area contributed by atoms with Crippen LogP contribution in [0.25, 0.3) is 22.1 Å². The average molecular weight is 543 g/mol. The lowest BCUT2D eigenvalue weighted by molar-refractivity contribution is 0.0930. The molecule has 0 saturated heterocycles. The van der Waals surface area contributed by atoms with Crippen molar-refractivity contribution < 1.29 is 26.8 Å². The van der Waals surface area contributed by atoms with E-state index in [-0.39, 0.29) is 28.7 Å². The molecule has 0 unspecified atom stereocenters. The van der Waals surface area contributed by atoms with Crippen LogP contribution in [0.4, 0.5) is 10.1 Å². The molecular formula is C26H27FN4O6S. The van der Waals surface area contributed by atoms with E-state index in [1.807, 2.05) is 0 Å². The van der Waals surface area contributed by atoms with Crippen LogP contribution >= 0.6 is 0 Å². The van der Waals surface area contributed by atoms with E-state index in [9.17, 15) is 22.4 Å². The smallest absolute Gasteiger partial charge is 0.293 e. The van der Waals surface area contributed by atoms with Crippen molar-refractivity contribution in [1.82, 2.24) is 14.9 Å². The minimum Gasteiger partial charge on any atom is -0.445 e. The number of carbonyl (C=O) groups is 1. The van der Waals surface area contributed by atoms with Gasteiger partial charge in [-0.1, -0.05) is 0 Å². The van der Waals surface area contributed by atoms with Gasteiger partial charge in [0.15, 0.2) is 5.76 Å². The highest BCUT2D eigenvalue weighted by atomic mass is 32.2. The zero-order valence-corrected chi connectivity index (χ0v) is 22.3. The number of pyridine rings is 2. The number of amides is 1. The fourth-order valence-electron chi connectivity index (χ4n) is 4.00. The van der Waals surface area contributed by atoms with Crippen molar-refractivity contribution in [3.8, 4) is 22.8 Å². The third-order valence-corrected chi connectivity index (χ3v) is 7.15. The summed E-state index contributed by atoms with van der Waals surface area (Å²) in [7, 11) is -2.11. The van der Waals surface area contributed by atoms with Crippen LogP contribution in [0.3, 0.4) is 0 Å². The molecule has 0 aliphatic rings. The number of rotatable bonds is 8. The Bertz CT molecular complexity index is 1700. The number of hydrogen-bond donors (Lipinski definition) is 2. The zero-order valence-electron chi connectivity index (χ0n) is 21.5. The van der Waals surface area contributed by atoms with E-state index in [4.69, 9.17) is 9.15 Å². The monoisotopic (exact) mass is 542 g/mol. The van der Waals surface area contributed by atoms with E-state index >= 15 is 0 Å². The Hall–Kier alpha value is -4.19. The molecule has 12 heteroatoms. The lowest BCUT2D eigenvalue weighted by Crippen LogP contribution is -2.22. The molecule has 200 valence electrons. The molecule has 4 rings (SSSR count). The van der Waals surface area contributed by atoms with Crippen molar-refractivity contribution in [3.63, 3.8) is 0 Å². The molecule has 0 spiro atoms. The summed E-state index contributed by atoms with van der Waals surface area (Å²) < 4.78 is 53.9. The second-order valence-electron chi connectivity index (χ2n) is 8.72. The summed E-state index contributed by atoms with van der Waals surface area (Å²) in [5, 5.41) is 2.94. The zero-order chi connectivity index (χ0) is 27.8. The Labute approximate surface area is 218 Å². The molecule has 0 bridgehead atoms. The fraction of sp³-hybridized carbons (Fsp3) is 0.269. The number of anilines is 1. The van der Waals surface area contributed by atoms with Crippen molar-refractivity contribution in [2.75, 3.05) is 17.0 Å². The number of nitrogens with one attached hydrogen (secondary N) is 2. The first kappa shape index (κ1) is 26.9. The Morgan fingerprint density at radius 1 is 1.13 bits per heavy atom. The van der Waals surface area contributed by atoms with E-state index < -0.39 is 27.3 Å². The number of ether oxygens (including phenoxy) is 1. The van der Waals surface area contributed by atoms with Gasteiger partial charge in [-0.05, 0) is 63.1 Å². The summed E-state index contributed by atoms with van der Waals surface area (Å²) >= 11 is 0. The lowest BCUT2D eigenvalue weighted by Gasteiger charge is -2.16. The standard InChI is InChI=1S/C26H27FN4O6S/c1-6-28-24(32)21-11-18-20(13-31(5)26(33)23(18)36-21)19-10-17(30-38(34,35)7-2)12-29-25(19)37-22-14(3)8-16(27)9-15(22)4/h8-13,30H,6-7H2,1-5H3,(H,28,32). The molecule has 4 aromatic rings. The van der Waals surface area contributed by atoms with Crippen LogP contribution in [0.1, 0.15) is 35.5 Å². The van der Waals surface area contributed by atoms with E-state index in [1.165, 1.54) is 55.2 Å². The van der Waals surface area contributed by atoms with Crippen LogP contribution in [-0.4, -0.2) is 36.2 Å². The normalized spacial score (nSPS) is 11.5. The molecule has 10 nitrogen and oxygen atoms in total. The quantitative estimate of drug-likeness (QED) is 0.340. The number of furan rings is 1. The lowest BCUT2D eigenvalue weighted by atomic mass is 10.0. The predicted octanol–water partition coefficient (Wildman–Crippen LogP) is 4.25. The van der Waals surface area contributed by atoms with E-state index in [2.05, 4.69) is 15.0 Å². The Morgan fingerprint density at radius 3 is 2.45 bits per heavy atom. The molecule has 0 saturated carbocycles. The summed E-state index contributed by atoms with van der Waals surface area (Å²) in [6.45, 7) is 6.99. The van der Waals surface area contributed by atoms with Crippen LogP contribution in [0.5, 0.6) is 11.6 Å². The van der Waals surface area contributed by atoms with Gasteiger partial charge in [0.25, 0.3) is 11.5 Å². The van der Waals surface area contributed by atoms with Gasteiger partial charge in [-0.2, -0.15) is 0 Å². The van der Waals surface area contributed by atoms with Gasteiger partial charge in [0.05, 0.1) is 17.6 Å². The second-order valence-corrected chi connectivity index (χ2v) is 10.7. The number of aryl methyl sites for hydroxylation is 3. The van der Waals surface area contributed by atoms with Crippen molar-refractivity contribution in [2.45, 2.75) is 27.7 Å². The number of halogens is 1. The minimum absolute atomic E-state index is 0.0603. The average Bonchev–Trinajstić information content (AvgIpc) is 3.30. The second kappa shape index (κ2) is 10.3. The molecule has 0 aliphatic heterocycles. The van der Waals surface area contributed by atoms with Crippen molar-refractivity contribution in [3.05, 3.63) is 69.7 Å². The highest BCUT2D eigenvalue weighted by molar-refractivity contribution is 7.92. The topological polar surface area (TPSA) is 133 Å². The van der Waals surface area contributed by atoms with Crippen LogP contribution in [0.15, 0.2) is 45.9 Å². The van der Waals surface area contributed by atoms with Crippen molar-refractivity contribution in [1.29, 1.82) is 0 Å². The Morgan fingerprint density at radius 2 is 1.82 bits per heavy atom. The van der Waals surface area contributed by atoms with Gasteiger partial charge in [0.2, 0.25) is 21.5 Å². The van der Waals surface area contributed by atoms with Gasteiger partial charge < -0.3 is 19.0 Å². The number of hydrogen-bond acceptors (Lipinski definition) is 7. The van der Waals surface area contributed by atoms with Gasteiger partial charge in [0.1, 0.15) is 11.6 Å². The predicted molar refractivity (Wildman–Crippen MR) is 142 cm³/mol. The van der Waals surface area contributed by atoms with Gasteiger partial charge in [0, 0.05) is 36.3 Å². The minimum atomic E-state index is -3.63. The maximum atomic E-state index is 13.9. The summed E-state index contributed by atoms with van der Waals surface area (Å²) in [5.74, 6) is -0.679. The largest absolute Gasteiger partial charge is 0.445 e. The van der Waals surface area contributed by atoms with Crippen molar-refractivity contribution in [2.24, 2.45) is 7.05 Å². The Balaban J connectivity index is 1.98. The summed E-state index contributed by atoms with van der Waals surface area (Å²) in [6.07, 6.45) is 2.82. The number of sulfonamides is 1. The van der Waals surface area contributed by atoms with Gasteiger partial charge in [-0.15, -0.1) is 0 Å². The molecule has 0 radical (unpaired) electrons.